The molecular weight excluding hydrogens is 427 g/mol. The highest BCUT2D eigenvalue weighted by Crippen LogP contribution is 2.34. The van der Waals surface area contributed by atoms with Crippen LogP contribution in [0.25, 0.3) is 0 Å². The van der Waals surface area contributed by atoms with Crippen molar-refractivity contribution in [1.82, 2.24) is 19.5 Å². The van der Waals surface area contributed by atoms with Gasteiger partial charge in [-0.15, -0.1) is 0 Å². The van der Waals surface area contributed by atoms with E-state index in [0.29, 0.717) is 12.5 Å². The van der Waals surface area contributed by atoms with Gasteiger partial charge in [0.25, 0.3) is 5.56 Å². The number of hydrogen-bond acceptors (Lipinski definition) is 7. The van der Waals surface area contributed by atoms with Gasteiger partial charge in [0.05, 0.1) is 18.7 Å². The van der Waals surface area contributed by atoms with E-state index < -0.39 is 36.5 Å². The van der Waals surface area contributed by atoms with E-state index in [1.54, 1.807) is 0 Å². The van der Waals surface area contributed by atoms with Gasteiger partial charge in [0.2, 0.25) is 5.95 Å². The summed E-state index contributed by atoms with van der Waals surface area (Å²) >= 11 is 5.79. The Hall–Kier alpha value is -2.69. The van der Waals surface area contributed by atoms with Crippen LogP contribution in [0.15, 0.2) is 23.3 Å². The van der Waals surface area contributed by atoms with Crippen LogP contribution in [0.3, 0.4) is 0 Å². The second kappa shape index (κ2) is 7.86. The molecule has 2 aliphatic rings. The molecular formula is C18H17ClF3N5O3. The molecule has 0 N–H and O–H groups in total. The summed E-state index contributed by atoms with van der Waals surface area (Å²) in [5, 5.41) is -0.243. The monoisotopic (exact) mass is 443 g/mol. The van der Waals surface area contributed by atoms with E-state index in [1.807, 2.05) is 0 Å². The normalized spacial score (nSPS) is 18.8. The van der Waals surface area contributed by atoms with Crippen LogP contribution in [-0.2, 0) is 6.54 Å². The first kappa shape index (κ1) is 20.6. The summed E-state index contributed by atoms with van der Waals surface area (Å²) in [5.74, 6) is -0.448. The molecule has 1 saturated carbocycles. The molecule has 8 nitrogen and oxygen atoms in total. The number of rotatable bonds is 6. The van der Waals surface area contributed by atoms with E-state index in [0.717, 1.165) is 28.4 Å². The van der Waals surface area contributed by atoms with Gasteiger partial charge in [0.15, 0.2) is 5.78 Å². The Morgan fingerprint density at radius 3 is 2.57 bits per heavy atom. The van der Waals surface area contributed by atoms with Crippen molar-refractivity contribution in [3.63, 3.8) is 0 Å². The van der Waals surface area contributed by atoms with Crippen LogP contribution in [0, 0.1) is 5.92 Å². The number of alkyl halides is 3. The highest BCUT2D eigenvalue weighted by molar-refractivity contribution is 6.29. The quantitative estimate of drug-likeness (QED) is 0.500. The predicted octanol–water partition coefficient (Wildman–Crippen LogP) is 2.50. The minimum Gasteiger partial charge on any atom is -0.463 e. The van der Waals surface area contributed by atoms with E-state index in [9.17, 15) is 22.8 Å². The first-order valence-electron chi connectivity index (χ1n) is 9.31. The summed E-state index contributed by atoms with van der Waals surface area (Å²) < 4.78 is 47.3. The van der Waals surface area contributed by atoms with Crippen LogP contribution >= 0.6 is 11.6 Å². The minimum absolute atomic E-state index is 0.0243. The molecule has 1 atom stereocenters. The third-order valence-corrected chi connectivity index (χ3v) is 5.20. The lowest BCUT2D eigenvalue weighted by Gasteiger charge is -2.38. The predicted molar refractivity (Wildman–Crippen MR) is 99.9 cm³/mol. The summed E-state index contributed by atoms with van der Waals surface area (Å²) in [5.41, 5.74) is -0.556. The maximum atomic E-state index is 13.6. The SMILES string of the molecule is O=C(CN1c2nc(Cl)cc(=O)n2CCC1C(F)(F)F)c1cnc(OCC2CC2)nc1. The van der Waals surface area contributed by atoms with Gasteiger partial charge in [-0.1, -0.05) is 11.6 Å². The van der Waals surface area contributed by atoms with Crippen molar-refractivity contribution in [2.75, 3.05) is 18.1 Å². The molecule has 2 aromatic heterocycles. The Bertz CT molecular complexity index is 1010. The van der Waals surface area contributed by atoms with Crippen molar-refractivity contribution in [1.29, 1.82) is 0 Å². The zero-order chi connectivity index (χ0) is 21.5. The lowest BCUT2D eigenvalue weighted by Crippen LogP contribution is -2.54. The molecule has 0 aromatic carbocycles. The fraction of sp³-hybridized carbons (Fsp3) is 0.500. The number of anilines is 1. The number of carbonyl (C=O) groups excluding carboxylic acids is 1. The lowest BCUT2D eigenvalue weighted by molar-refractivity contribution is -0.152. The van der Waals surface area contributed by atoms with E-state index in [2.05, 4.69) is 15.0 Å². The maximum absolute atomic E-state index is 13.6. The van der Waals surface area contributed by atoms with Gasteiger partial charge in [-0.05, 0) is 25.2 Å². The van der Waals surface area contributed by atoms with Gasteiger partial charge >= 0.3 is 12.2 Å². The highest BCUT2D eigenvalue weighted by atomic mass is 35.5. The Balaban J connectivity index is 1.57. The van der Waals surface area contributed by atoms with Crippen molar-refractivity contribution in [2.45, 2.75) is 38.0 Å². The Morgan fingerprint density at radius 1 is 1.23 bits per heavy atom. The molecule has 3 heterocycles. The molecule has 12 heteroatoms. The summed E-state index contributed by atoms with van der Waals surface area (Å²) in [6.45, 7) is -0.349. The first-order valence-corrected chi connectivity index (χ1v) is 9.69. The molecule has 2 aromatic rings. The van der Waals surface area contributed by atoms with Crippen LogP contribution in [0.2, 0.25) is 5.15 Å². The zero-order valence-electron chi connectivity index (χ0n) is 15.6. The van der Waals surface area contributed by atoms with Crippen molar-refractivity contribution < 1.29 is 22.7 Å². The van der Waals surface area contributed by atoms with E-state index >= 15 is 0 Å². The fourth-order valence-electron chi connectivity index (χ4n) is 3.22. The van der Waals surface area contributed by atoms with Crippen molar-refractivity contribution in [3.05, 3.63) is 39.5 Å². The first-order chi connectivity index (χ1) is 14.2. The molecule has 1 aliphatic carbocycles. The van der Waals surface area contributed by atoms with Crippen molar-refractivity contribution in [2.24, 2.45) is 5.92 Å². The highest BCUT2D eigenvalue weighted by Gasteiger charge is 2.47. The van der Waals surface area contributed by atoms with Crippen LogP contribution in [0.4, 0.5) is 19.1 Å². The molecule has 1 fully saturated rings. The summed E-state index contributed by atoms with van der Waals surface area (Å²) in [6, 6.07) is -0.850. The van der Waals surface area contributed by atoms with E-state index in [-0.39, 0.29) is 29.2 Å². The fourth-order valence-corrected chi connectivity index (χ4v) is 3.39. The summed E-state index contributed by atoms with van der Waals surface area (Å²) in [4.78, 5) is 37.3. The molecule has 1 aliphatic heterocycles. The molecule has 30 heavy (non-hydrogen) atoms. The van der Waals surface area contributed by atoms with Crippen LogP contribution in [0.5, 0.6) is 6.01 Å². The molecule has 160 valence electrons. The third-order valence-electron chi connectivity index (χ3n) is 5.00. The number of halogens is 4. The number of carbonyl (C=O) groups is 1. The molecule has 0 radical (unpaired) electrons. The summed E-state index contributed by atoms with van der Waals surface area (Å²) in [7, 11) is 0. The number of hydrogen-bond donors (Lipinski definition) is 0. The van der Waals surface area contributed by atoms with E-state index in [4.69, 9.17) is 16.3 Å². The number of aromatic nitrogens is 4. The van der Waals surface area contributed by atoms with Gasteiger partial charge in [-0.25, -0.2) is 15.0 Å². The largest absolute Gasteiger partial charge is 0.463 e. The van der Waals surface area contributed by atoms with Gasteiger partial charge in [0, 0.05) is 25.0 Å². The number of Topliss-reactive ketones (excluding diaryl/α,β-unsaturated/α-hetero) is 1. The van der Waals surface area contributed by atoms with Gasteiger partial charge in [0.1, 0.15) is 11.2 Å². The number of ketones is 1. The molecule has 1 unspecified atom stereocenters. The molecule has 0 saturated heterocycles. The van der Waals surface area contributed by atoms with Gasteiger partial charge in [-0.2, -0.15) is 13.2 Å². The third kappa shape index (κ3) is 4.40. The van der Waals surface area contributed by atoms with Gasteiger partial charge in [-0.3, -0.25) is 14.2 Å². The van der Waals surface area contributed by atoms with Gasteiger partial charge < -0.3 is 9.64 Å². The average molecular weight is 444 g/mol. The molecule has 0 bridgehead atoms. The number of ether oxygens (including phenoxy) is 1. The summed E-state index contributed by atoms with van der Waals surface area (Å²) in [6.07, 6.45) is -0.407. The van der Waals surface area contributed by atoms with E-state index in [1.165, 1.54) is 12.4 Å². The Labute approximate surface area is 173 Å². The number of fused-ring (bicyclic) bond motifs is 1. The van der Waals surface area contributed by atoms with Crippen LogP contribution in [-0.4, -0.2) is 50.7 Å². The van der Waals surface area contributed by atoms with Crippen molar-refractivity contribution in [3.8, 4) is 6.01 Å². The smallest absolute Gasteiger partial charge is 0.408 e. The second-order valence-corrected chi connectivity index (χ2v) is 7.66. The topological polar surface area (TPSA) is 90.2 Å². The number of nitrogens with zero attached hydrogens (tertiary/aromatic N) is 5. The Morgan fingerprint density at radius 2 is 1.93 bits per heavy atom. The standard InChI is InChI=1S/C18H17ClF3N5O3/c19-14-5-15(29)26-4-3-13(18(20,21)22)27(17(26)25-14)8-12(28)11-6-23-16(24-7-11)30-9-10-1-2-10/h5-7,10,13H,1-4,8-9H2. The Kier molecular flexibility index (Phi) is 5.39. The second-order valence-electron chi connectivity index (χ2n) is 7.27. The zero-order valence-corrected chi connectivity index (χ0v) is 16.4. The maximum Gasteiger partial charge on any atom is 0.408 e. The van der Waals surface area contributed by atoms with Crippen molar-refractivity contribution >= 4 is 23.3 Å². The molecule has 4 rings (SSSR count). The average Bonchev–Trinajstić information content (AvgIpc) is 3.50. The van der Waals surface area contributed by atoms with Crippen LogP contribution in [0.1, 0.15) is 29.6 Å². The van der Waals surface area contributed by atoms with Crippen LogP contribution < -0.4 is 15.2 Å². The minimum atomic E-state index is -4.62. The molecule has 0 amide bonds. The molecule has 0 spiro atoms. The lowest BCUT2D eigenvalue weighted by atomic mass is 10.1.